The number of hydrogen-bond donors (Lipinski definition) is 2. The van der Waals surface area contributed by atoms with Crippen LogP contribution < -0.4 is 10.7 Å². The van der Waals surface area contributed by atoms with E-state index in [1.165, 1.54) is 24.0 Å². The molecular weight excluding hydrogens is 558 g/mol. The number of anilines is 1. The van der Waals surface area contributed by atoms with E-state index < -0.39 is 6.04 Å². The Kier molecular flexibility index (Phi) is 7.03. The maximum atomic E-state index is 12.5. The third kappa shape index (κ3) is 5.24. The second-order valence-corrected chi connectivity index (χ2v) is 12.8. The van der Waals surface area contributed by atoms with Crippen molar-refractivity contribution in [3.05, 3.63) is 101 Å². The molecule has 8 nitrogen and oxygen atoms in total. The number of aromatic amines is 1. The average Bonchev–Trinajstić information content (AvgIpc) is 3.83. The van der Waals surface area contributed by atoms with E-state index in [0.29, 0.717) is 12.0 Å². The molecule has 45 heavy (non-hydrogen) atoms. The van der Waals surface area contributed by atoms with Crippen LogP contribution in [-0.2, 0) is 11.3 Å². The van der Waals surface area contributed by atoms with E-state index in [-0.39, 0.29) is 0 Å². The van der Waals surface area contributed by atoms with E-state index in [1.807, 2.05) is 23.4 Å². The van der Waals surface area contributed by atoms with E-state index >= 15 is 0 Å². The molecule has 1 aliphatic carbocycles. The number of nitrogens with one attached hydrogen (secondary N) is 1. The molecule has 1 unspecified atom stereocenters. The van der Waals surface area contributed by atoms with Gasteiger partial charge in [-0.05, 0) is 97.6 Å². The van der Waals surface area contributed by atoms with Crippen LogP contribution >= 0.6 is 0 Å². The highest BCUT2D eigenvalue weighted by Gasteiger charge is 2.30. The van der Waals surface area contributed by atoms with Crippen molar-refractivity contribution in [1.29, 1.82) is 0 Å². The van der Waals surface area contributed by atoms with Crippen LogP contribution in [0.2, 0.25) is 0 Å². The summed E-state index contributed by atoms with van der Waals surface area (Å²) in [7, 11) is 0. The van der Waals surface area contributed by atoms with Gasteiger partial charge < -0.3 is 15.5 Å². The number of aromatic nitrogens is 3. The fourth-order valence-electron chi connectivity index (χ4n) is 6.91. The van der Waals surface area contributed by atoms with Gasteiger partial charge in [-0.3, -0.25) is 9.91 Å². The number of piperidine rings is 1. The third-order valence-corrected chi connectivity index (χ3v) is 9.73. The molecule has 1 saturated heterocycles. The Morgan fingerprint density at radius 1 is 0.978 bits per heavy atom. The number of aldehydes is 1. The zero-order chi connectivity index (χ0) is 30.5. The lowest BCUT2D eigenvalue weighted by atomic mass is 9.94. The lowest BCUT2D eigenvalue weighted by Gasteiger charge is -2.31. The number of nitrogens with two attached hydrogens (primary N) is 1. The molecule has 1 saturated carbocycles. The molecule has 2 aromatic heterocycles. The zero-order valence-corrected chi connectivity index (χ0v) is 25.5. The lowest BCUT2D eigenvalue weighted by molar-refractivity contribution is -0.109. The van der Waals surface area contributed by atoms with Crippen molar-refractivity contribution >= 4 is 29.2 Å². The highest BCUT2D eigenvalue weighted by atomic mass is 16.1. The van der Waals surface area contributed by atoms with Gasteiger partial charge in [0.2, 0.25) is 0 Å². The zero-order valence-electron chi connectivity index (χ0n) is 25.5. The van der Waals surface area contributed by atoms with Gasteiger partial charge in [-0.1, -0.05) is 48.5 Å². The molecule has 2 aliphatic heterocycles. The second kappa shape index (κ2) is 11.4. The van der Waals surface area contributed by atoms with Crippen molar-refractivity contribution in [2.75, 3.05) is 18.1 Å². The fourth-order valence-corrected chi connectivity index (χ4v) is 6.91. The summed E-state index contributed by atoms with van der Waals surface area (Å²) in [5.41, 5.74) is 17.4. The van der Waals surface area contributed by atoms with Gasteiger partial charge >= 0.3 is 0 Å². The van der Waals surface area contributed by atoms with Crippen LogP contribution in [0.3, 0.4) is 0 Å². The van der Waals surface area contributed by atoms with Crippen LogP contribution in [-0.4, -0.2) is 51.5 Å². The highest BCUT2D eigenvalue weighted by Crippen LogP contribution is 2.43. The van der Waals surface area contributed by atoms with E-state index in [9.17, 15) is 4.79 Å². The number of carbonyl (C=O) groups excluding carboxylic acids is 1. The van der Waals surface area contributed by atoms with Crippen molar-refractivity contribution in [2.45, 2.75) is 57.2 Å². The number of carbonyl (C=O) groups is 1. The van der Waals surface area contributed by atoms with Crippen molar-refractivity contribution < 1.29 is 4.79 Å². The SMILES string of the molecule is Cc1c(-c2ncnc3[nH]c(-c4ccc(CN5CCC(N)CC5)cc4)cc23)cccc1N1N=Cc2cc(C3CC3)ccc2C1C=O. The Balaban J connectivity index is 1.09. The minimum absolute atomic E-state index is 0.342. The Hall–Kier alpha value is -4.66. The normalized spacial score (nSPS) is 18.8. The molecule has 8 heteroatoms. The van der Waals surface area contributed by atoms with Crippen molar-refractivity contribution in [1.82, 2.24) is 19.9 Å². The first-order chi connectivity index (χ1) is 22.1. The summed E-state index contributed by atoms with van der Waals surface area (Å²) in [6, 6.07) is 23.3. The molecule has 3 aromatic carbocycles. The van der Waals surface area contributed by atoms with Gasteiger partial charge in [0.15, 0.2) is 0 Å². The van der Waals surface area contributed by atoms with Crippen LogP contribution in [0, 0.1) is 6.92 Å². The highest BCUT2D eigenvalue weighted by molar-refractivity contribution is 5.96. The van der Waals surface area contributed by atoms with Crippen LogP contribution in [0.15, 0.2) is 78.2 Å². The molecular formula is C37H37N7O. The van der Waals surface area contributed by atoms with Gasteiger partial charge in [0.25, 0.3) is 0 Å². The Morgan fingerprint density at radius 2 is 1.80 bits per heavy atom. The van der Waals surface area contributed by atoms with E-state index in [2.05, 4.69) is 76.4 Å². The molecule has 3 aliphatic rings. The molecule has 0 spiro atoms. The predicted molar refractivity (Wildman–Crippen MR) is 179 cm³/mol. The molecule has 3 N–H and O–H groups in total. The average molecular weight is 596 g/mol. The standard InChI is InChI=1S/C37H37N7O/c1-23-30(3-2-4-34(23)44-35(21-45)31-12-11-27(25-9-10-25)17-28(31)19-41-44)36-32-18-33(42-37(32)40-22-39-36)26-7-5-24(6-8-26)20-43-15-13-29(38)14-16-43/h2-8,11-12,17-19,21-22,25,29,35H,9-10,13-16,20,38H2,1H3,(H,39,40,42). The minimum Gasteiger partial charge on any atom is -0.339 e. The van der Waals surface area contributed by atoms with E-state index in [0.717, 1.165) is 94.7 Å². The van der Waals surface area contributed by atoms with Crippen LogP contribution in [0.5, 0.6) is 0 Å². The molecule has 5 aromatic rings. The molecule has 226 valence electrons. The Labute approximate surface area is 263 Å². The van der Waals surface area contributed by atoms with Gasteiger partial charge in [-0.25, -0.2) is 9.97 Å². The molecule has 0 radical (unpaired) electrons. The van der Waals surface area contributed by atoms with Crippen LogP contribution in [0.25, 0.3) is 33.5 Å². The minimum atomic E-state index is -0.494. The molecule has 1 atom stereocenters. The fraction of sp³-hybridized carbons (Fsp3) is 0.297. The maximum absolute atomic E-state index is 12.5. The summed E-state index contributed by atoms with van der Waals surface area (Å²) in [6.07, 6.45) is 9.11. The number of hydrogen-bond acceptors (Lipinski definition) is 7. The molecule has 4 heterocycles. The van der Waals surface area contributed by atoms with Gasteiger partial charge in [0.05, 0.1) is 17.6 Å². The molecule has 0 amide bonds. The van der Waals surface area contributed by atoms with Gasteiger partial charge in [0, 0.05) is 34.8 Å². The molecule has 0 bridgehead atoms. The van der Waals surface area contributed by atoms with E-state index in [1.54, 1.807) is 6.33 Å². The van der Waals surface area contributed by atoms with E-state index in [4.69, 9.17) is 15.8 Å². The smallest absolute Gasteiger partial charge is 0.149 e. The number of hydrazone groups is 1. The topological polar surface area (TPSA) is 104 Å². The number of rotatable bonds is 7. The second-order valence-electron chi connectivity index (χ2n) is 12.8. The van der Waals surface area contributed by atoms with Crippen molar-refractivity contribution in [2.24, 2.45) is 10.8 Å². The summed E-state index contributed by atoms with van der Waals surface area (Å²) in [5.74, 6) is 0.651. The Bertz CT molecular complexity index is 1920. The largest absolute Gasteiger partial charge is 0.339 e. The predicted octanol–water partition coefficient (Wildman–Crippen LogP) is 6.49. The first-order valence-corrected chi connectivity index (χ1v) is 16.0. The summed E-state index contributed by atoms with van der Waals surface area (Å²) in [6.45, 7) is 5.14. The summed E-state index contributed by atoms with van der Waals surface area (Å²) < 4.78 is 0. The third-order valence-electron chi connectivity index (χ3n) is 9.73. The summed E-state index contributed by atoms with van der Waals surface area (Å²) in [4.78, 5) is 27.8. The van der Waals surface area contributed by atoms with Gasteiger partial charge in [-0.15, -0.1) is 0 Å². The quantitative estimate of drug-likeness (QED) is 0.208. The first-order valence-electron chi connectivity index (χ1n) is 16.0. The van der Waals surface area contributed by atoms with Gasteiger partial charge in [-0.2, -0.15) is 5.10 Å². The lowest BCUT2D eigenvalue weighted by Crippen LogP contribution is -2.39. The number of H-pyrrole nitrogens is 1. The molecule has 2 fully saturated rings. The Morgan fingerprint density at radius 3 is 2.58 bits per heavy atom. The first kappa shape index (κ1) is 27.9. The van der Waals surface area contributed by atoms with Crippen LogP contribution in [0.1, 0.15) is 65.5 Å². The number of fused-ring (bicyclic) bond motifs is 2. The maximum Gasteiger partial charge on any atom is 0.149 e. The van der Waals surface area contributed by atoms with Crippen LogP contribution in [0.4, 0.5) is 5.69 Å². The van der Waals surface area contributed by atoms with Crippen molar-refractivity contribution in [3.63, 3.8) is 0 Å². The summed E-state index contributed by atoms with van der Waals surface area (Å²) in [5, 5.41) is 7.58. The molecule has 8 rings (SSSR count). The summed E-state index contributed by atoms with van der Waals surface area (Å²) >= 11 is 0. The van der Waals surface area contributed by atoms with Crippen molar-refractivity contribution in [3.8, 4) is 22.5 Å². The monoisotopic (exact) mass is 595 g/mol. The number of likely N-dealkylation sites (tertiary alicyclic amines) is 1. The number of benzene rings is 3. The van der Waals surface area contributed by atoms with Gasteiger partial charge in [0.1, 0.15) is 24.3 Å². The number of nitrogens with zero attached hydrogens (tertiary/aromatic N) is 5.